The van der Waals surface area contributed by atoms with E-state index in [0.717, 1.165) is 25.7 Å². The van der Waals surface area contributed by atoms with Crippen molar-refractivity contribution in [1.29, 1.82) is 0 Å². The predicted octanol–water partition coefficient (Wildman–Crippen LogP) is 7.10. The molecule has 0 aromatic heterocycles. The fraction of sp³-hybridized carbons (Fsp3) is 0.931. The van der Waals surface area contributed by atoms with Crippen molar-refractivity contribution in [1.82, 2.24) is 0 Å². The lowest BCUT2D eigenvalue weighted by Gasteiger charge is -2.02. The van der Waals surface area contributed by atoms with Gasteiger partial charge < -0.3 is 25.5 Å². The van der Waals surface area contributed by atoms with Crippen LogP contribution in [0.5, 0.6) is 0 Å². The first kappa shape index (κ1) is 39.3. The Morgan fingerprint density at radius 2 is 0.694 bits per heavy atom. The Labute approximate surface area is 221 Å². The van der Waals surface area contributed by atoms with E-state index in [1.165, 1.54) is 103 Å². The summed E-state index contributed by atoms with van der Waals surface area (Å²) in [6.45, 7) is 3.73. The van der Waals surface area contributed by atoms with Crippen LogP contribution in [0, 0.1) is 0 Å². The van der Waals surface area contributed by atoms with Crippen LogP contribution in [0.15, 0.2) is 0 Å². The van der Waals surface area contributed by atoms with Crippen molar-refractivity contribution < 1.29 is 35.1 Å². The maximum Gasteiger partial charge on any atom is 0.303 e. The average molecular weight is 521 g/mol. The number of hydrogen-bond acceptors (Lipinski definition) is 5. The molecule has 0 atom stereocenters. The number of hydrogen-bond donors (Lipinski definition) is 5. The smallest absolute Gasteiger partial charge is 0.303 e. The minimum Gasteiger partial charge on any atom is -0.481 e. The van der Waals surface area contributed by atoms with E-state index < -0.39 is 18.0 Å². The molecule has 0 saturated carbocycles. The van der Waals surface area contributed by atoms with Crippen LogP contribution in [0.4, 0.5) is 0 Å². The van der Waals surface area contributed by atoms with E-state index in [1.54, 1.807) is 0 Å². The number of carboxylic acid groups (broad SMARTS) is 2. The third-order valence-corrected chi connectivity index (χ3v) is 5.91. The maximum absolute atomic E-state index is 10.3. The first-order chi connectivity index (χ1) is 17.3. The highest BCUT2D eigenvalue weighted by atomic mass is 16.4. The summed E-state index contributed by atoms with van der Waals surface area (Å²) in [4.78, 5) is 20.4. The van der Waals surface area contributed by atoms with Crippen molar-refractivity contribution in [2.45, 2.75) is 161 Å². The molecule has 0 bridgehead atoms. The molecule has 36 heavy (non-hydrogen) atoms. The third kappa shape index (κ3) is 46.2. The van der Waals surface area contributed by atoms with Gasteiger partial charge in [-0.05, 0) is 12.8 Å². The number of rotatable bonds is 24. The normalized spacial score (nSPS) is 10.4. The van der Waals surface area contributed by atoms with Crippen LogP contribution in [-0.4, -0.2) is 56.8 Å². The van der Waals surface area contributed by atoms with Crippen LogP contribution >= 0.6 is 0 Å². The van der Waals surface area contributed by atoms with Gasteiger partial charge in [0.25, 0.3) is 0 Å². The molecule has 7 nitrogen and oxygen atoms in total. The topological polar surface area (TPSA) is 135 Å². The largest absolute Gasteiger partial charge is 0.481 e. The van der Waals surface area contributed by atoms with E-state index in [2.05, 4.69) is 13.8 Å². The molecular formula is C29H60O7. The fourth-order valence-electron chi connectivity index (χ4n) is 3.59. The second-order valence-corrected chi connectivity index (χ2v) is 9.67. The van der Waals surface area contributed by atoms with Crippen molar-refractivity contribution >= 4 is 11.9 Å². The molecule has 0 amide bonds. The van der Waals surface area contributed by atoms with Crippen molar-refractivity contribution in [3.05, 3.63) is 0 Å². The molecule has 0 aliphatic heterocycles. The summed E-state index contributed by atoms with van der Waals surface area (Å²) < 4.78 is 0. The molecule has 0 unspecified atom stereocenters. The quantitative estimate of drug-likeness (QED) is 0.0857. The van der Waals surface area contributed by atoms with Crippen molar-refractivity contribution in [3.63, 3.8) is 0 Å². The molecule has 0 saturated heterocycles. The summed E-state index contributed by atoms with van der Waals surface area (Å²) in [5.41, 5.74) is 0. The van der Waals surface area contributed by atoms with Crippen molar-refractivity contribution in [2.75, 3.05) is 13.2 Å². The Balaban J connectivity index is -0.000000518. The van der Waals surface area contributed by atoms with Gasteiger partial charge in [0.1, 0.15) is 6.10 Å². The van der Waals surface area contributed by atoms with Gasteiger partial charge in [0.15, 0.2) is 0 Å². The lowest BCUT2D eigenvalue weighted by molar-refractivity contribution is -0.138. The van der Waals surface area contributed by atoms with E-state index in [1.807, 2.05) is 0 Å². The van der Waals surface area contributed by atoms with E-state index >= 15 is 0 Å². The standard InChI is InChI=1S/C16H32O2.C10H20O2.C3H8O3/c1-2-3-4-5-6-7-8-9-10-11-12-13-14-15-16(17)18;1-2-3-4-5-6-7-8-9-10(11)12;4-1-3(6)2-5/h2-15H2,1H3,(H,17,18);2-9H2,1H3,(H,11,12);3-6H,1-2H2. The molecule has 0 aliphatic rings. The molecule has 0 fully saturated rings. The molecule has 0 radical (unpaired) electrons. The first-order valence-electron chi connectivity index (χ1n) is 14.7. The Kier molecular flexibility index (Phi) is 39.3. The minimum atomic E-state index is -0.954. The second kappa shape index (κ2) is 36.0. The third-order valence-electron chi connectivity index (χ3n) is 5.91. The first-order valence-corrected chi connectivity index (χ1v) is 14.7. The second-order valence-electron chi connectivity index (χ2n) is 9.67. The number of unbranched alkanes of at least 4 members (excludes halogenated alkanes) is 18. The Bertz CT molecular complexity index is 426. The Morgan fingerprint density at radius 1 is 0.472 bits per heavy atom. The van der Waals surface area contributed by atoms with Gasteiger partial charge in [0.2, 0.25) is 0 Å². The molecule has 0 aromatic carbocycles. The molecule has 5 N–H and O–H groups in total. The molecule has 0 heterocycles. The lowest BCUT2D eigenvalue weighted by Crippen LogP contribution is -2.15. The summed E-state index contributed by atoms with van der Waals surface area (Å²) >= 11 is 0. The summed E-state index contributed by atoms with van der Waals surface area (Å²) in [7, 11) is 0. The zero-order valence-corrected chi connectivity index (χ0v) is 23.6. The summed E-state index contributed by atoms with van der Waals surface area (Å²) in [5.74, 6) is -1.32. The molecule has 0 spiro atoms. The summed E-state index contributed by atoms with van der Waals surface area (Å²) in [6.07, 6.45) is 25.0. The average Bonchev–Trinajstić information content (AvgIpc) is 2.86. The van der Waals surface area contributed by atoms with Crippen molar-refractivity contribution in [2.24, 2.45) is 0 Å². The van der Waals surface area contributed by atoms with Crippen LogP contribution < -0.4 is 0 Å². The fourth-order valence-corrected chi connectivity index (χ4v) is 3.59. The van der Waals surface area contributed by atoms with Crippen LogP contribution in [-0.2, 0) is 9.59 Å². The highest BCUT2D eigenvalue weighted by Crippen LogP contribution is 2.13. The monoisotopic (exact) mass is 520 g/mol. The number of aliphatic hydroxyl groups excluding tert-OH is 3. The highest BCUT2D eigenvalue weighted by molar-refractivity contribution is 5.66. The van der Waals surface area contributed by atoms with Gasteiger partial charge in [-0.1, -0.05) is 129 Å². The van der Waals surface area contributed by atoms with Crippen molar-refractivity contribution in [3.8, 4) is 0 Å². The van der Waals surface area contributed by atoms with Gasteiger partial charge >= 0.3 is 11.9 Å². The molecular weight excluding hydrogens is 460 g/mol. The summed E-state index contributed by atoms with van der Waals surface area (Å²) in [5, 5.41) is 40.9. The number of carboxylic acids is 2. The number of carbonyl (C=O) groups is 2. The van der Waals surface area contributed by atoms with Gasteiger partial charge in [0.05, 0.1) is 13.2 Å². The zero-order valence-electron chi connectivity index (χ0n) is 23.6. The van der Waals surface area contributed by atoms with Gasteiger partial charge in [0, 0.05) is 12.8 Å². The Morgan fingerprint density at radius 3 is 0.861 bits per heavy atom. The number of aliphatic hydroxyl groups is 3. The van der Waals surface area contributed by atoms with Gasteiger partial charge in [-0.15, -0.1) is 0 Å². The zero-order chi connectivity index (χ0) is 27.7. The summed E-state index contributed by atoms with van der Waals surface area (Å²) in [6, 6.07) is 0. The number of aliphatic carboxylic acids is 2. The highest BCUT2D eigenvalue weighted by Gasteiger charge is 1.97. The van der Waals surface area contributed by atoms with Gasteiger partial charge in [-0.25, -0.2) is 0 Å². The van der Waals surface area contributed by atoms with Crippen LogP contribution in [0.3, 0.4) is 0 Å². The van der Waals surface area contributed by atoms with E-state index in [9.17, 15) is 9.59 Å². The van der Waals surface area contributed by atoms with Crippen LogP contribution in [0.25, 0.3) is 0 Å². The van der Waals surface area contributed by atoms with Crippen LogP contribution in [0.1, 0.15) is 155 Å². The molecule has 218 valence electrons. The van der Waals surface area contributed by atoms with Crippen LogP contribution in [0.2, 0.25) is 0 Å². The molecule has 0 aliphatic carbocycles. The maximum atomic E-state index is 10.3. The van der Waals surface area contributed by atoms with Gasteiger partial charge in [-0.3, -0.25) is 9.59 Å². The molecule has 7 heteroatoms. The minimum absolute atomic E-state index is 0.341. The molecule has 0 aromatic rings. The van der Waals surface area contributed by atoms with E-state index in [-0.39, 0.29) is 13.2 Å². The SMILES string of the molecule is CCCCCCCCCC(=O)O.CCCCCCCCCCCCCCCC(=O)O.OCC(O)CO. The molecule has 0 rings (SSSR count). The Hall–Kier alpha value is -1.18. The van der Waals surface area contributed by atoms with E-state index in [4.69, 9.17) is 25.5 Å². The predicted molar refractivity (Wildman–Crippen MR) is 148 cm³/mol. The van der Waals surface area contributed by atoms with E-state index in [0.29, 0.717) is 12.8 Å². The lowest BCUT2D eigenvalue weighted by atomic mass is 10.0. The van der Waals surface area contributed by atoms with Gasteiger partial charge in [-0.2, -0.15) is 0 Å².